The molecule has 1 heterocycles. The third-order valence-corrected chi connectivity index (χ3v) is 2.44. The molecule has 1 aromatic carbocycles. The SMILES string of the molecule is CN(C)c1cccc(-c2cccc(=O)[nH]2)c1. The number of aromatic nitrogens is 1. The Bertz CT molecular complexity index is 543. The lowest BCUT2D eigenvalue weighted by molar-refractivity contribution is 1.13. The van der Waals surface area contributed by atoms with Gasteiger partial charge in [0, 0.05) is 37.1 Å². The second-order valence-electron chi connectivity index (χ2n) is 3.87. The topological polar surface area (TPSA) is 36.1 Å². The number of pyridine rings is 1. The quantitative estimate of drug-likeness (QED) is 0.831. The molecule has 0 unspecified atom stereocenters. The van der Waals surface area contributed by atoms with E-state index in [9.17, 15) is 4.79 Å². The molecule has 0 saturated carbocycles. The van der Waals surface area contributed by atoms with Crippen LogP contribution in [0.25, 0.3) is 11.3 Å². The van der Waals surface area contributed by atoms with Gasteiger partial charge in [-0.3, -0.25) is 4.79 Å². The number of H-pyrrole nitrogens is 1. The highest BCUT2D eigenvalue weighted by Crippen LogP contribution is 2.21. The van der Waals surface area contributed by atoms with Gasteiger partial charge in [-0.15, -0.1) is 0 Å². The molecule has 3 heteroatoms. The molecule has 0 saturated heterocycles. The van der Waals surface area contributed by atoms with Crippen LogP contribution in [0, 0.1) is 0 Å². The monoisotopic (exact) mass is 214 g/mol. The summed E-state index contributed by atoms with van der Waals surface area (Å²) < 4.78 is 0. The number of aromatic amines is 1. The molecule has 0 spiro atoms. The first-order chi connectivity index (χ1) is 7.66. The first-order valence-electron chi connectivity index (χ1n) is 5.14. The van der Waals surface area contributed by atoms with E-state index in [1.807, 2.05) is 49.3 Å². The van der Waals surface area contributed by atoms with E-state index in [0.29, 0.717) is 0 Å². The lowest BCUT2D eigenvalue weighted by Gasteiger charge is -2.13. The number of nitrogens with one attached hydrogen (secondary N) is 1. The zero-order chi connectivity index (χ0) is 11.5. The summed E-state index contributed by atoms with van der Waals surface area (Å²) in [5.74, 6) is 0. The van der Waals surface area contributed by atoms with Crippen LogP contribution in [0.2, 0.25) is 0 Å². The maximum Gasteiger partial charge on any atom is 0.248 e. The van der Waals surface area contributed by atoms with Crippen LogP contribution in [0.5, 0.6) is 0 Å². The van der Waals surface area contributed by atoms with Crippen molar-refractivity contribution < 1.29 is 0 Å². The van der Waals surface area contributed by atoms with Gasteiger partial charge in [0.2, 0.25) is 5.56 Å². The second-order valence-corrected chi connectivity index (χ2v) is 3.87. The molecule has 0 amide bonds. The van der Waals surface area contributed by atoms with Crippen LogP contribution in [0.1, 0.15) is 0 Å². The van der Waals surface area contributed by atoms with E-state index in [-0.39, 0.29) is 5.56 Å². The Hall–Kier alpha value is -2.03. The summed E-state index contributed by atoms with van der Waals surface area (Å²) >= 11 is 0. The highest BCUT2D eigenvalue weighted by Gasteiger charge is 2.00. The number of nitrogens with zero attached hydrogens (tertiary/aromatic N) is 1. The van der Waals surface area contributed by atoms with Crippen LogP contribution >= 0.6 is 0 Å². The Kier molecular flexibility index (Phi) is 2.77. The van der Waals surface area contributed by atoms with E-state index in [1.165, 1.54) is 6.07 Å². The molecule has 16 heavy (non-hydrogen) atoms. The molecule has 1 N–H and O–H groups in total. The van der Waals surface area contributed by atoms with Gasteiger partial charge in [-0.1, -0.05) is 18.2 Å². The summed E-state index contributed by atoms with van der Waals surface area (Å²) in [5.41, 5.74) is 2.90. The number of hydrogen-bond acceptors (Lipinski definition) is 2. The average Bonchev–Trinajstić information content (AvgIpc) is 2.29. The minimum atomic E-state index is -0.0762. The molecule has 0 bridgehead atoms. The first kappa shape index (κ1) is 10.5. The van der Waals surface area contributed by atoms with Gasteiger partial charge in [0.1, 0.15) is 0 Å². The Labute approximate surface area is 94.4 Å². The Morgan fingerprint density at radius 2 is 1.81 bits per heavy atom. The van der Waals surface area contributed by atoms with E-state index in [1.54, 1.807) is 6.07 Å². The van der Waals surface area contributed by atoms with Crippen molar-refractivity contribution in [3.05, 3.63) is 52.8 Å². The average molecular weight is 214 g/mol. The van der Waals surface area contributed by atoms with Crippen molar-refractivity contribution in [3.63, 3.8) is 0 Å². The van der Waals surface area contributed by atoms with Crippen molar-refractivity contribution in [2.75, 3.05) is 19.0 Å². The first-order valence-corrected chi connectivity index (χ1v) is 5.14. The van der Waals surface area contributed by atoms with Crippen LogP contribution in [0.3, 0.4) is 0 Å². The lowest BCUT2D eigenvalue weighted by atomic mass is 10.1. The molecule has 82 valence electrons. The van der Waals surface area contributed by atoms with E-state index in [4.69, 9.17) is 0 Å². The van der Waals surface area contributed by atoms with Gasteiger partial charge in [0.15, 0.2) is 0 Å². The third-order valence-electron chi connectivity index (χ3n) is 2.44. The number of benzene rings is 1. The predicted molar refractivity (Wildman–Crippen MR) is 66.8 cm³/mol. The molecule has 0 radical (unpaired) electrons. The van der Waals surface area contributed by atoms with Gasteiger partial charge in [-0.25, -0.2) is 0 Å². The maximum absolute atomic E-state index is 11.2. The minimum absolute atomic E-state index is 0.0762. The van der Waals surface area contributed by atoms with Crippen molar-refractivity contribution in [1.29, 1.82) is 0 Å². The van der Waals surface area contributed by atoms with Gasteiger partial charge in [0.25, 0.3) is 0 Å². The molecule has 0 aliphatic carbocycles. The van der Waals surface area contributed by atoms with Crippen molar-refractivity contribution in [2.45, 2.75) is 0 Å². The van der Waals surface area contributed by atoms with Crippen molar-refractivity contribution in [1.82, 2.24) is 4.98 Å². The Morgan fingerprint density at radius 3 is 2.50 bits per heavy atom. The molecule has 2 aromatic rings. The van der Waals surface area contributed by atoms with Crippen LogP contribution in [-0.4, -0.2) is 19.1 Å². The Morgan fingerprint density at radius 1 is 1.06 bits per heavy atom. The molecule has 0 aliphatic heterocycles. The van der Waals surface area contributed by atoms with Gasteiger partial charge in [-0.2, -0.15) is 0 Å². The summed E-state index contributed by atoms with van der Waals surface area (Å²) in [5, 5.41) is 0. The smallest absolute Gasteiger partial charge is 0.248 e. The predicted octanol–water partition coefficient (Wildman–Crippen LogP) is 2.11. The van der Waals surface area contributed by atoms with Crippen LogP contribution < -0.4 is 10.5 Å². The van der Waals surface area contributed by atoms with Gasteiger partial charge >= 0.3 is 0 Å². The molecule has 0 atom stereocenters. The number of hydrogen-bond donors (Lipinski definition) is 1. The molecule has 0 aliphatic rings. The normalized spacial score (nSPS) is 10.1. The van der Waals surface area contributed by atoms with Crippen LogP contribution in [-0.2, 0) is 0 Å². The summed E-state index contributed by atoms with van der Waals surface area (Å²) in [6.07, 6.45) is 0. The molecule has 3 nitrogen and oxygen atoms in total. The summed E-state index contributed by atoms with van der Waals surface area (Å²) in [7, 11) is 3.99. The molecular formula is C13H14N2O. The van der Waals surface area contributed by atoms with Gasteiger partial charge in [0.05, 0.1) is 0 Å². The Balaban J connectivity index is 2.48. The van der Waals surface area contributed by atoms with Crippen molar-refractivity contribution in [2.24, 2.45) is 0 Å². The molecule has 1 aromatic heterocycles. The summed E-state index contributed by atoms with van der Waals surface area (Å²) in [6.45, 7) is 0. The van der Waals surface area contributed by atoms with E-state index in [2.05, 4.69) is 4.98 Å². The van der Waals surface area contributed by atoms with E-state index in [0.717, 1.165) is 16.9 Å². The minimum Gasteiger partial charge on any atom is -0.378 e. The summed E-state index contributed by atoms with van der Waals surface area (Å²) in [6, 6.07) is 13.2. The largest absolute Gasteiger partial charge is 0.378 e. The number of rotatable bonds is 2. The lowest BCUT2D eigenvalue weighted by Crippen LogP contribution is -2.08. The highest BCUT2D eigenvalue weighted by atomic mass is 16.1. The highest BCUT2D eigenvalue weighted by molar-refractivity contribution is 5.65. The van der Waals surface area contributed by atoms with Crippen molar-refractivity contribution in [3.8, 4) is 11.3 Å². The maximum atomic E-state index is 11.2. The zero-order valence-corrected chi connectivity index (χ0v) is 9.40. The van der Waals surface area contributed by atoms with Crippen LogP contribution in [0.15, 0.2) is 47.3 Å². The number of anilines is 1. The second kappa shape index (κ2) is 4.23. The third kappa shape index (κ3) is 2.14. The van der Waals surface area contributed by atoms with Crippen LogP contribution in [0.4, 0.5) is 5.69 Å². The zero-order valence-electron chi connectivity index (χ0n) is 9.40. The van der Waals surface area contributed by atoms with E-state index >= 15 is 0 Å². The van der Waals surface area contributed by atoms with Gasteiger partial charge in [-0.05, 0) is 18.2 Å². The fourth-order valence-electron chi connectivity index (χ4n) is 1.57. The summed E-state index contributed by atoms with van der Waals surface area (Å²) in [4.78, 5) is 16.1. The fourth-order valence-corrected chi connectivity index (χ4v) is 1.57. The fraction of sp³-hybridized carbons (Fsp3) is 0.154. The molecule has 2 rings (SSSR count). The van der Waals surface area contributed by atoms with Crippen molar-refractivity contribution >= 4 is 5.69 Å². The van der Waals surface area contributed by atoms with Gasteiger partial charge < -0.3 is 9.88 Å². The standard InChI is InChI=1S/C13H14N2O/c1-15(2)11-6-3-5-10(9-11)12-7-4-8-13(16)14-12/h3-9H,1-2H3,(H,14,16). The molecule has 0 fully saturated rings. The van der Waals surface area contributed by atoms with E-state index < -0.39 is 0 Å². The molecular weight excluding hydrogens is 200 g/mol.